The first-order valence-electron chi connectivity index (χ1n) is 10.7. The summed E-state index contributed by atoms with van der Waals surface area (Å²) in [5, 5.41) is 0.0393. The van der Waals surface area contributed by atoms with Crippen LogP contribution in [0.4, 0.5) is 17.6 Å². The zero-order valence-corrected chi connectivity index (χ0v) is 20.2. The second-order valence-corrected chi connectivity index (χ2v) is 10.7. The molecule has 11 heteroatoms. The molecular formula is C23H26F4O6S. The average molecular weight is 507 g/mol. The summed E-state index contributed by atoms with van der Waals surface area (Å²) in [4.78, 5) is 12.8. The molecule has 1 aliphatic rings. The number of hydrogen-bond acceptors (Lipinski definition) is 6. The smallest absolute Gasteiger partial charge is 0.464 e. The van der Waals surface area contributed by atoms with Gasteiger partial charge < -0.3 is 13.7 Å². The van der Waals surface area contributed by atoms with Crippen LogP contribution in [0.2, 0.25) is 0 Å². The van der Waals surface area contributed by atoms with Crippen molar-refractivity contribution in [2.24, 2.45) is 0 Å². The molecule has 0 aromatic heterocycles. The van der Waals surface area contributed by atoms with Crippen molar-refractivity contribution in [3.8, 4) is 5.75 Å². The quantitative estimate of drug-likeness (QED) is 0.204. The van der Waals surface area contributed by atoms with Crippen molar-refractivity contribution in [3.05, 3.63) is 40.7 Å². The van der Waals surface area contributed by atoms with E-state index in [-0.39, 0.29) is 34.4 Å². The van der Waals surface area contributed by atoms with E-state index in [1.54, 1.807) is 20.8 Å². The molecular weight excluding hydrogens is 480 g/mol. The summed E-state index contributed by atoms with van der Waals surface area (Å²) in [6.45, 7) is 7.74. The molecule has 1 fully saturated rings. The fourth-order valence-corrected chi connectivity index (χ4v) is 4.13. The van der Waals surface area contributed by atoms with E-state index in [0.717, 1.165) is 18.9 Å². The molecule has 34 heavy (non-hydrogen) atoms. The number of aryl methyl sites for hydroxylation is 1. The van der Waals surface area contributed by atoms with E-state index in [1.165, 1.54) is 26.0 Å². The van der Waals surface area contributed by atoms with Crippen molar-refractivity contribution in [3.63, 3.8) is 0 Å². The van der Waals surface area contributed by atoms with Crippen LogP contribution in [0.5, 0.6) is 5.75 Å². The van der Waals surface area contributed by atoms with Crippen LogP contribution >= 0.6 is 0 Å². The Kier molecular flexibility index (Phi) is 6.93. The molecule has 0 N–H and O–H groups in total. The second kappa shape index (κ2) is 8.99. The van der Waals surface area contributed by atoms with Crippen molar-refractivity contribution < 1.29 is 44.4 Å². The van der Waals surface area contributed by atoms with Crippen LogP contribution in [0.15, 0.2) is 18.2 Å². The highest BCUT2D eigenvalue weighted by Gasteiger charge is 2.49. The lowest BCUT2D eigenvalue weighted by molar-refractivity contribution is -0.167. The summed E-state index contributed by atoms with van der Waals surface area (Å²) in [5.41, 5.74) is -6.42. The third-order valence-electron chi connectivity index (χ3n) is 5.18. The highest BCUT2D eigenvalue weighted by Crippen LogP contribution is 2.46. The van der Waals surface area contributed by atoms with Crippen molar-refractivity contribution in [1.29, 1.82) is 0 Å². The van der Waals surface area contributed by atoms with Gasteiger partial charge in [0.25, 0.3) is 0 Å². The maximum atomic E-state index is 14.9. The van der Waals surface area contributed by atoms with Crippen molar-refractivity contribution in [1.82, 2.24) is 0 Å². The van der Waals surface area contributed by atoms with E-state index in [2.05, 4.69) is 4.18 Å². The predicted molar refractivity (Wildman–Crippen MR) is 116 cm³/mol. The number of carbonyl (C=O) groups is 1. The van der Waals surface area contributed by atoms with Gasteiger partial charge in [-0.2, -0.15) is 21.6 Å². The van der Waals surface area contributed by atoms with Gasteiger partial charge >= 0.3 is 21.6 Å². The fraction of sp³-hybridized carbons (Fsp3) is 0.522. The summed E-state index contributed by atoms with van der Waals surface area (Å²) in [6, 6.07) is 3.93. The predicted octanol–water partition coefficient (Wildman–Crippen LogP) is 5.81. The van der Waals surface area contributed by atoms with E-state index in [0.29, 0.717) is 5.56 Å². The fourth-order valence-electron chi connectivity index (χ4n) is 3.64. The molecule has 188 valence electrons. The van der Waals surface area contributed by atoms with Gasteiger partial charge in [-0.05, 0) is 82.0 Å². The molecule has 1 atom stereocenters. The van der Waals surface area contributed by atoms with Crippen LogP contribution in [0.3, 0.4) is 0 Å². The molecule has 0 saturated heterocycles. The third-order valence-corrected chi connectivity index (χ3v) is 6.14. The van der Waals surface area contributed by atoms with E-state index >= 15 is 0 Å². The van der Waals surface area contributed by atoms with Crippen LogP contribution < -0.4 is 4.18 Å². The number of hydrogen-bond donors (Lipinski definition) is 0. The van der Waals surface area contributed by atoms with Gasteiger partial charge in [-0.15, -0.1) is 0 Å². The van der Waals surface area contributed by atoms with Gasteiger partial charge in [0.15, 0.2) is 11.9 Å². The summed E-state index contributed by atoms with van der Waals surface area (Å²) in [5.74, 6) is -2.49. The highest BCUT2D eigenvalue weighted by atomic mass is 32.2. The normalized spacial score (nSPS) is 15.9. The molecule has 0 unspecified atom stereocenters. The van der Waals surface area contributed by atoms with Gasteiger partial charge in [0.1, 0.15) is 5.82 Å². The molecule has 0 heterocycles. The van der Waals surface area contributed by atoms with E-state index in [1.807, 2.05) is 0 Å². The number of ether oxygens (including phenoxy) is 2. The van der Waals surface area contributed by atoms with Crippen molar-refractivity contribution in [2.75, 3.05) is 6.61 Å². The Morgan fingerprint density at radius 1 is 1.15 bits per heavy atom. The minimum absolute atomic E-state index is 0.0100. The molecule has 2 aromatic carbocycles. The number of rotatable bonds is 7. The largest absolute Gasteiger partial charge is 0.534 e. The molecule has 0 aliphatic heterocycles. The molecule has 2 aromatic rings. The topological polar surface area (TPSA) is 78.9 Å². The van der Waals surface area contributed by atoms with E-state index in [9.17, 15) is 30.8 Å². The molecule has 0 spiro atoms. The van der Waals surface area contributed by atoms with Crippen molar-refractivity contribution in [2.45, 2.75) is 70.6 Å². The van der Waals surface area contributed by atoms with Crippen LogP contribution in [-0.2, 0) is 24.4 Å². The monoisotopic (exact) mass is 506 g/mol. The number of carbonyl (C=O) groups excluding carboxylic acids is 1. The summed E-state index contributed by atoms with van der Waals surface area (Å²) < 4.78 is 94.1. The Labute approximate surface area is 195 Å². The minimum Gasteiger partial charge on any atom is -0.464 e. The lowest BCUT2D eigenvalue weighted by Gasteiger charge is -2.29. The molecule has 0 amide bonds. The average Bonchev–Trinajstić information content (AvgIpc) is 3.50. The lowest BCUT2D eigenvalue weighted by Crippen LogP contribution is -2.31. The first kappa shape index (κ1) is 26.2. The first-order chi connectivity index (χ1) is 15.6. The zero-order valence-electron chi connectivity index (χ0n) is 19.4. The van der Waals surface area contributed by atoms with Crippen LogP contribution in [0, 0.1) is 12.7 Å². The molecule has 1 aliphatic carbocycles. The van der Waals surface area contributed by atoms with Gasteiger partial charge in [0, 0.05) is 10.9 Å². The number of alkyl halides is 3. The van der Waals surface area contributed by atoms with Crippen molar-refractivity contribution >= 4 is 26.9 Å². The molecule has 0 radical (unpaired) electrons. The highest BCUT2D eigenvalue weighted by molar-refractivity contribution is 7.88. The lowest BCUT2D eigenvalue weighted by atomic mass is 9.94. The molecule has 3 rings (SSSR count). The zero-order chi connectivity index (χ0) is 25.6. The maximum Gasteiger partial charge on any atom is 0.534 e. The van der Waals surface area contributed by atoms with Crippen LogP contribution in [0.1, 0.15) is 69.2 Å². The standard InChI is InChI=1S/C23H26F4O6S/c1-6-31-21(28)20(32-22(3,4)5)18-12(2)9-14-10-15(13-7-8-13)17(24)11-16(14)19(18)33-34(29,30)23(25,26)27/h9-11,13,20H,6-8H2,1-5H3/t20-/m0/s1. The summed E-state index contributed by atoms with van der Waals surface area (Å²) in [7, 11) is -6.15. The SMILES string of the molecule is CCOC(=O)[C@@H](OC(C)(C)C)c1c(C)cc2cc(C3CC3)c(F)cc2c1OS(=O)(=O)C(F)(F)F. The van der Waals surface area contributed by atoms with Gasteiger partial charge in [-0.1, -0.05) is 6.07 Å². The van der Waals surface area contributed by atoms with Crippen LogP contribution in [-0.4, -0.2) is 32.1 Å². The number of fused-ring (bicyclic) bond motifs is 1. The van der Waals surface area contributed by atoms with E-state index in [4.69, 9.17) is 9.47 Å². The summed E-state index contributed by atoms with van der Waals surface area (Å²) in [6.07, 6.45) is -0.0837. The first-order valence-corrected chi connectivity index (χ1v) is 12.1. The Morgan fingerprint density at radius 2 is 1.76 bits per heavy atom. The molecule has 1 saturated carbocycles. The number of halogens is 4. The van der Waals surface area contributed by atoms with Crippen LogP contribution in [0.25, 0.3) is 10.8 Å². The summed E-state index contributed by atoms with van der Waals surface area (Å²) >= 11 is 0. The number of benzene rings is 2. The minimum atomic E-state index is -6.15. The second-order valence-electron chi connectivity index (χ2n) is 9.15. The van der Waals surface area contributed by atoms with Gasteiger partial charge in [0.05, 0.1) is 12.2 Å². The Balaban J connectivity index is 2.35. The van der Waals surface area contributed by atoms with Gasteiger partial charge in [-0.25, -0.2) is 9.18 Å². The van der Waals surface area contributed by atoms with Gasteiger partial charge in [0.2, 0.25) is 0 Å². The Bertz CT molecular complexity index is 1210. The maximum absolute atomic E-state index is 14.9. The third kappa shape index (κ3) is 5.46. The Hall–Kier alpha value is -2.40. The Morgan fingerprint density at radius 3 is 2.26 bits per heavy atom. The molecule has 6 nitrogen and oxygen atoms in total. The number of esters is 1. The van der Waals surface area contributed by atoms with Gasteiger partial charge in [-0.3, -0.25) is 0 Å². The van der Waals surface area contributed by atoms with E-state index < -0.39 is 44.9 Å². The molecule has 0 bridgehead atoms.